The van der Waals surface area contributed by atoms with Gasteiger partial charge in [-0.05, 0) is 13.0 Å². The third-order valence-corrected chi connectivity index (χ3v) is 4.55. The molecule has 1 aliphatic rings. The number of hydrogen-bond donors (Lipinski definition) is 3. The number of aliphatic carboxylic acids is 3. The van der Waals surface area contributed by atoms with Crippen LogP contribution in [-0.4, -0.2) is 131 Å². The first-order valence-corrected chi connectivity index (χ1v) is 9.35. The molecule has 0 aromatic carbocycles. The summed E-state index contributed by atoms with van der Waals surface area (Å²) in [5, 5.41) is 27.4. The second-order valence-electron chi connectivity index (χ2n) is 6.85. The monoisotopic (exact) mass is 528 g/mol. The van der Waals surface area contributed by atoms with E-state index in [2.05, 4.69) is 11.8 Å². The van der Waals surface area contributed by atoms with Crippen molar-refractivity contribution in [1.82, 2.24) is 19.6 Å². The topological polar surface area (TPSA) is 125 Å². The fourth-order valence-electron chi connectivity index (χ4n) is 3.17. The molecule has 1 saturated heterocycles. The molecule has 11 heteroatoms. The molecule has 0 bridgehead atoms. The second kappa shape index (κ2) is 15.5. The molecule has 0 radical (unpaired) electrons. The van der Waals surface area contributed by atoms with E-state index in [9.17, 15) is 14.4 Å². The van der Waals surface area contributed by atoms with Gasteiger partial charge >= 0.3 is 17.9 Å². The Balaban J connectivity index is 0.00000729. The molecule has 1 heterocycles. The molecule has 0 aromatic heterocycles. The van der Waals surface area contributed by atoms with Crippen molar-refractivity contribution in [2.75, 3.05) is 78.5 Å². The van der Waals surface area contributed by atoms with E-state index in [1.807, 2.05) is 9.80 Å². The molecular weight excluding hydrogens is 496 g/mol. The SMILES string of the molecule is CCCN1CCN(CC(=O)O)CCN(CC(=O)O)CCN(CC(=O)O)CC1.[Ce]. The Morgan fingerprint density at radius 1 is 0.607 bits per heavy atom. The van der Waals surface area contributed by atoms with Crippen LogP contribution in [0.3, 0.4) is 0 Å². The first-order valence-electron chi connectivity index (χ1n) is 9.35. The summed E-state index contributed by atoms with van der Waals surface area (Å²) in [5.74, 6) is -2.76. The maximum atomic E-state index is 11.1. The maximum absolute atomic E-state index is 11.1. The van der Waals surface area contributed by atoms with Crippen LogP contribution < -0.4 is 0 Å². The zero-order valence-corrected chi connectivity index (χ0v) is 19.7. The average molecular weight is 529 g/mol. The Morgan fingerprint density at radius 2 is 0.857 bits per heavy atom. The van der Waals surface area contributed by atoms with Crippen molar-refractivity contribution in [3.05, 3.63) is 0 Å². The summed E-state index contributed by atoms with van der Waals surface area (Å²) in [6, 6.07) is 0. The molecule has 0 amide bonds. The minimum absolute atomic E-state index is 0. The number of nitrogens with zero attached hydrogens (tertiary/aromatic N) is 4. The van der Waals surface area contributed by atoms with E-state index in [4.69, 9.17) is 15.3 Å². The summed E-state index contributed by atoms with van der Waals surface area (Å²) in [6.45, 7) is 6.94. The summed E-state index contributed by atoms with van der Waals surface area (Å²) < 4.78 is 0. The zero-order valence-electron chi connectivity index (χ0n) is 16.5. The fourth-order valence-corrected chi connectivity index (χ4v) is 3.17. The van der Waals surface area contributed by atoms with Gasteiger partial charge in [0.1, 0.15) is 0 Å². The van der Waals surface area contributed by atoms with Crippen LogP contribution in [-0.2, 0) is 14.4 Å². The Labute approximate surface area is 199 Å². The van der Waals surface area contributed by atoms with Gasteiger partial charge in [-0.2, -0.15) is 0 Å². The Morgan fingerprint density at radius 3 is 1.07 bits per heavy atom. The van der Waals surface area contributed by atoms with Gasteiger partial charge in [0, 0.05) is 94.1 Å². The molecule has 0 aromatic rings. The van der Waals surface area contributed by atoms with Gasteiger partial charge in [-0.25, -0.2) is 0 Å². The average Bonchev–Trinajstić information content (AvgIpc) is 2.56. The van der Waals surface area contributed by atoms with Crippen molar-refractivity contribution in [3.63, 3.8) is 0 Å². The predicted molar refractivity (Wildman–Crippen MR) is 99.0 cm³/mol. The van der Waals surface area contributed by atoms with Crippen LogP contribution >= 0.6 is 0 Å². The van der Waals surface area contributed by atoms with E-state index in [0.29, 0.717) is 52.4 Å². The number of hydrogen-bond acceptors (Lipinski definition) is 7. The van der Waals surface area contributed by atoms with Gasteiger partial charge in [0.15, 0.2) is 0 Å². The molecule has 28 heavy (non-hydrogen) atoms. The van der Waals surface area contributed by atoms with Crippen molar-refractivity contribution in [3.8, 4) is 0 Å². The number of carbonyl (C=O) groups is 3. The Bertz CT molecular complexity index is 464. The quantitative estimate of drug-likeness (QED) is 0.357. The molecule has 0 spiro atoms. The maximum Gasteiger partial charge on any atom is 0.317 e. The molecule has 0 unspecified atom stereocenters. The molecule has 1 aliphatic heterocycles. The molecule has 160 valence electrons. The number of rotatable bonds is 8. The first-order chi connectivity index (χ1) is 12.8. The van der Waals surface area contributed by atoms with Gasteiger partial charge < -0.3 is 20.2 Å². The van der Waals surface area contributed by atoms with Crippen LogP contribution in [0.1, 0.15) is 13.3 Å². The largest absolute Gasteiger partial charge is 0.480 e. The van der Waals surface area contributed by atoms with E-state index < -0.39 is 17.9 Å². The minimum Gasteiger partial charge on any atom is -0.480 e. The van der Waals surface area contributed by atoms with Crippen LogP contribution in [0.2, 0.25) is 0 Å². The third kappa shape index (κ3) is 13.0. The molecule has 3 N–H and O–H groups in total. The second-order valence-corrected chi connectivity index (χ2v) is 6.85. The summed E-state index contributed by atoms with van der Waals surface area (Å²) in [7, 11) is 0. The summed E-state index contributed by atoms with van der Waals surface area (Å²) in [5.41, 5.74) is 0. The van der Waals surface area contributed by atoms with Gasteiger partial charge in [0.05, 0.1) is 19.6 Å². The predicted octanol–water partition coefficient (Wildman–Crippen LogP) is -1.13. The zero-order chi connectivity index (χ0) is 20.2. The molecule has 1 rings (SSSR count). The summed E-state index contributed by atoms with van der Waals surface area (Å²) in [4.78, 5) is 41.0. The van der Waals surface area contributed by atoms with E-state index >= 15 is 0 Å². The molecule has 10 nitrogen and oxygen atoms in total. The van der Waals surface area contributed by atoms with E-state index in [-0.39, 0.29) is 61.4 Å². The van der Waals surface area contributed by atoms with Crippen molar-refractivity contribution in [2.45, 2.75) is 13.3 Å². The fraction of sp³-hybridized carbons (Fsp3) is 0.824. The standard InChI is InChI=1S/C17H32N4O6.Ce/c1-2-3-18-4-6-19(12-15(22)23)8-10-21(14-17(26)27)11-9-20(7-5-18)13-16(24)25;/h2-14H2,1H3,(H,22,23)(H,24,25)(H,26,27);. The molecule has 1 fully saturated rings. The molecule has 0 aliphatic carbocycles. The van der Waals surface area contributed by atoms with E-state index in [1.54, 1.807) is 4.90 Å². The van der Waals surface area contributed by atoms with Gasteiger partial charge in [0.25, 0.3) is 0 Å². The van der Waals surface area contributed by atoms with Crippen LogP contribution in [0.4, 0.5) is 0 Å². The third-order valence-electron chi connectivity index (χ3n) is 4.55. The van der Waals surface area contributed by atoms with Crippen molar-refractivity contribution in [2.24, 2.45) is 0 Å². The molecular formula is C17H32CeN4O6. The van der Waals surface area contributed by atoms with Crippen molar-refractivity contribution < 1.29 is 71.5 Å². The van der Waals surface area contributed by atoms with Crippen LogP contribution in [0.25, 0.3) is 0 Å². The smallest absolute Gasteiger partial charge is 0.317 e. The molecule has 0 saturated carbocycles. The van der Waals surface area contributed by atoms with Gasteiger partial charge in [-0.15, -0.1) is 0 Å². The van der Waals surface area contributed by atoms with E-state index in [0.717, 1.165) is 13.0 Å². The van der Waals surface area contributed by atoms with Crippen molar-refractivity contribution >= 4 is 17.9 Å². The van der Waals surface area contributed by atoms with E-state index in [1.165, 1.54) is 0 Å². The van der Waals surface area contributed by atoms with Gasteiger partial charge in [0.2, 0.25) is 0 Å². The minimum atomic E-state index is -0.953. The summed E-state index contributed by atoms with van der Waals surface area (Å²) in [6.07, 6.45) is 0.963. The van der Waals surface area contributed by atoms with Gasteiger partial charge in [-0.1, -0.05) is 6.92 Å². The van der Waals surface area contributed by atoms with Crippen molar-refractivity contribution in [1.29, 1.82) is 0 Å². The summed E-state index contributed by atoms with van der Waals surface area (Å²) >= 11 is 0. The van der Waals surface area contributed by atoms with Crippen LogP contribution in [0.15, 0.2) is 0 Å². The van der Waals surface area contributed by atoms with Gasteiger partial charge in [-0.3, -0.25) is 29.1 Å². The first kappa shape index (κ1) is 27.6. The number of carboxylic acid groups (broad SMARTS) is 3. The number of carboxylic acids is 3. The van der Waals surface area contributed by atoms with Crippen LogP contribution in [0.5, 0.6) is 0 Å². The Kier molecular flexibility index (Phi) is 15.3. The Hall–Kier alpha value is -0.373. The van der Waals surface area contributed by atoms with Crippen LogP contribution in [0, 0.1) is 41.7 Å². The normalized spacial score (nSPS) is 19.2. The molecule has 0 atom stereocenters.